The van der Waals surface area contributed by atoms with Crippen molar-refractivity contribution < 1.29 is 9.69 Å². The Morgan fingerprint density at radius 3 is 1.96 bits per heavy atom. The fourth-order valence-electron chi connectivity index (χ4n) is 3.59. The van der Waals surface area contributed by atoms with Crippen molar-refractivity contribution in [1.29, 1.82) is 0 Å². The summed E-state index contributed by atoms with van der Waals surface area (Å²) in [5.41, 5.74) is 4.15. The van der Waals surface area contributed by atoms with E-state index in [9.17, 15) is 4.79 Å². The van der Waals surface area contributed by atoms with Crippen molar-refractivity contribution in [1.82, 2.24) is 0 Å². The van der Waals surface area contributed by atoms with Gasteiger partial charge < -0.3 is 4.90 Å². The van der Waals surface area contributed by atoms with Gasteiger partial charge in [0, 0.05) is 12.8 Å². The van der Waals surface area contributed by atoms with Gasteiger partial charge in [0.15, 0.2) is 6.54 Å². The van der Waals surface area contributed by atoms with Crippen LogP contribution < -0.4 is 9.80 Å². The van der Waals surface area contributed by atoms with Crippen LogP contribution in [0.2, 0.25) is 0 Å². The number of amides is 1. The Labute approximate surface area is 136 Å². The lowest BCUT2D eigenvalue weighted by Gasteiger charge is -2.25. The Kier molecular flexibility index (Phi) is 3.72. The first-order valence-corrected chi connectivity index (χ1v) is 8.35. The van der Waals surface area contributed by atoms with Crippen LogP contribution in [-0.4, -0.2) is 25.5 Å². The van der Waals surface area contributed by atoms with E-state index in [1.54, 1.807) is 0 Å². The molecule has 116 valence electrons. The molecule has 3 heteroatoms. The fourth-order valence-corrected chi connectivity index (χ4v) is 3.59. The van der Waals surface area contributed by atoms with Crippen LogP contribution in [-0.2, 0) is 4.79 Å². The van der Waals surface area contributed by atoms with Crippen molar-refractivity contribution in [3.8, 4) is 0 Å². The number of anilines is 2. The highest BCUT2D eigenvalue weighted by molar-refractivity contribution is 6.06. The van der Waals surface area contributed by atoms with E-state index < -0.39 is 0 Å². The van der Waals surface area contributed by atoms with Gasteiger partial charge in [0.05, 0.1) is 24.5 Å². The highest BCUT2D eigenvalue weighted by atomic mass is 16.2. The van der Waals surface area contributed by atoms with Crippen LogP contribution in [0, 0.1) is 0 Å². The van der Waals surface area contributed by atoms with E-state index in [0.717, 1.165) is 35.6 Å². The number of likely N-dealkylation sites (tertiary alicyclic amines) is 1. The number of benzene rings is 2. The third-order valence-electron chi connectivity index (χ3n) is 4.76. The molecule has 0 bridgehead atoms. The van der Waals surface area contributed by atoms with Gasteiger partial charge in [0.25, 0.3) is 5.91 Å². The lowest BCUT2D eigenvalue weighted by Crippen LogP contribution is -3.11. The van der Waals surface area contributed by atoms with Gasteiger partial charge in [-0.1, -0.05) is 48.6 Å². The summed E-state index contributed by atoms with van der Waals surface area (Å²) in [5.74, 6) is 0.186. The zero-order chi connectivity index (χ0) is 15.6. The highest BCUT2D eigenvalue weighted by Gasteiger charge is 2.28. The minimum atomic E-state index is 0.186. The number of carbonyl (C=O) groups excluding carboxylic acids is 1. The van der Waals surface area contributed by atoms with E-state index in [1.165, 1.54) is 17.7 Å². The van der Waals surface area contributed by atoms with Gasteiger partial charge in [-0.2, -0.15) is 0 Å². The molecule has 0 spiro atoms. The number of quaternary nitrogens is 1. The fraction of sp³-hybridized carbons (Fsp3) is 0.250. The monoisotopic (exact) mass is 305 g/mol. The lowest BCUT2D eigenvalue weighted by molar-refractivity contribution is -0.878. The molecule has 2 aliphatic heterocycles. The molecule has 0 atom stereocenters. The maximum Gasteiger partial charge on any atom is 0.286 e. The van der Waals surface area contributed by atoms with E-state index in [0.29, 0.717) is 6.54 Å². The molecule has 4 rings (SSSR count). The van der Waals surface area contributed by atoms with Crippen molar-refractivity contribution in [3.63, 3.8) is 0 Å². The molecular formula is C20H21N2O+. The van der Waals surface area contributed by atoms with Crippen LogP contribution in [0.3, 0.4) is 0 Å². The Morgan fingerprint density at radius 2 is 1.39 bits per heavy atom. The number of hydrogen-bond donors (Lipinski definition) is 1. The molecule has 0 aliphatic carbocycles. The molecule has 2 aromatic carbocycles. The Hall–Kier alpha value is -2.39. The summed E-state index contributed by atoms with van der Waals surface area (Å²) in [4.78, 5) is 16.4. The first-order chi connectivity index (χ1) is 11.3. The molecule has 2 aromatic rings. The highest BCUT2D eigenvalue weighted by Crippen LogP contribution is 2.35. The van der Waals surface area contributed by atoms with E-state index in [2.05, 4.69) is 24.3 Å². The van der Waals surface area contributed by atoms with Gasteiger partial charge in [0.1, 0.15) is 0 Å². The first-order valence-electron chi connectivity index (χ1n) is 8.35. The number of para-hydroxylation sites is 2. The minimum Gasteiger partial charge on any atom is -0.327 e. The van der Waals surface area contributed by atoms with Crippen molar-refractivity contribution in [2.24, 2.45) is 0 Å². The van der Waals surface area contributed by atoms with Crippen molar-refractivity contribution >= 4 is 29.4 Å². The quantitative estimate of drug-likeness (QED) is 0.906. The smallest absolute Gasteiger partial charge is 0.286 e. The van der Waals surface area contributed by atoms with Crippen molar-refractivity contribution in [2.45, 2.75) is 12.8 Å². The van der Waals surface area contributed by atoms with Crippen LogP contribution in [0.1, 0.15) is 24.0 Å². The molecular weight excluding hydrogens is 284 g/mol. The summed E-state index contributed by atoms with van der Waals surface area (Å²) >= 11 is 0. The molecule has 0 unspecified atom stereocenters. The zero-order valence-electron chi connectivity index (χ0n) is 13.2. The summed E-state index contributed by atoms with van der Waals surface area (Å²) in [5, 5.41) is 0. The lowest BCUT2D eigenvalue weighted by atomic mass is 10.1. The van der Waals surface area contributed by atoms with Gasteiger partial charge in [-0.05, 0) is 23.3 Å². The summed E-state index contributed by atoms with van der Waals surface area (Å²) in [6.45, 7) is 2.80. The summed E-state index contributed by atoms with van der Waals surface area (Å²) in [6.07, 6.45) is 6.67. The molecule has 2 aliphatic rings. The number of nitrogens with zero attached hydrogens (tertiary/aromatic N) is 1. The van der Waals surface area contributed by atoms with Gasteiger partial charge >= 0.3 is 0 Å². The zero-order valence-corrected chi connectivity index (χ0v) is 13.2. The molecule has 3 nitrogen and oxygen atoms in total. The van der Waals surface area contributed by atoms with Crippen molar-refractivity contribution in [2.75, 3.05) is 24.5 Å². The second kappa shape index (κ2) is 6.01. The topological polar surface area (TPSA) is 24.8 Å². The molecule has 1 fully saturated rings. The molecule has 1 amide bonds. The first kappa shape index (κ1) is 14.2. The average molecular weight is 305 g/mol. The number of hydrogen-bond acceptors (Lipinski definition) is 1. The Balaban J connectivity index is 1.77. The van der Waals surface area contributed by atoms with Crippen LogP contribution in [0.15, 0.2) is 48.5 Å². The number of nitrogens with one attached hydrogen (secondary N) is 1. The van der Waals surface area contributed by atoms with Crippen LogP contribution >= 0.6 is 0 Å². The summed E-state index contributed by atoms with van der Waals surface area (Å²) in [6, 6.07) is 16.3. The van der Waals surface area contributed by atoms with E-state index in [-0.39, 0.29) is 5.91 Å². The Morgan fingerprint density at radius 1 is 0.870 bits per heavy atom. The van der Waals surface area contributed by atoms with E-state index >= 15 is 0 Å². The van der Waals surface area contributed by atoms with E-state index in [1.807, 2.05) is 41.3 Å². The predicted molar refractivity (Wildman–Crippen MR) is 93.8 cm³/mol. The second-order valence-electron chi connectivity index (χ2n) is 6.31. The molecule has 23 heavy (non-hydrogen) atoms. The van der Waals surface area contributed by atoms with Crippen LogP contribution in [0.25, 0.3) is 12.2 Å². The molecule has 0 radical (unpaired) electrons. The number of carbonyl (C=O) groups is 1. The number of fused-ring (bicyclic) bond motifs is 2. The van der Waals surface area contributed by atoms with Crippen LogP contribution in [0.4, 0.5) is 11.4 Å². The third kappa shape index (κ3) is 2.68. The SMILES string of the molecule is O=C(C[NH+]1CCCC1)N1c2ccccc2C=Cc2ccccc21. The molecule has 1 N–H and O–H groups in total. The van der Waals surface area contributed by atoms with Gasteiger partial charge in [-0.3, -0.25) is 9.69 Å². The predicted octanol–water partition coefficient (Wildman–Crippen LogP) is 2.51. The third-order valence-corrected chi connectivity index (χ3v) is 4.76. The summed E-state index contributed by atoms with van der Waals surface area (Å²) < 4.78 is 0. The minimum absolute atomic E-state index is 0.186. The van der Waals surface area contributed by atoms with Gasteiger partial charge in [0.2, 0.25) is 0 Å². The standard InChI is InChI=1S/C20H20N2O/c23-20(15-21-13-5-6-14-21)22-18-9-3-1-7-16(18)11-12-17-8-2-4-10-19(17)22/h1-4,7-12H,5-6,13-15H2/p+1. The maximum atomic E-state index is 13.1. The molecule has 1 saturated heterocycles. The maximum absolute atomic E-state index is 13.1. The van der Waals surface area contributed by atoms with Crippen molar-refractivity contribution in [3.05, 3.63) is 59.7 Å². The largest absolute Gasteiger partial charge is 0.327 e. The van der Waals surface area contributed by atoms with Gasteiger partial charge in [-0.15, -0.1) is 0 Å². The molecule has 0 aromatic heterocycles. The van der Waals surface area contributed by atoms with Gasteiger partial charge in [-0.25, -0.2) is 0 Å². The molecule has 2 heterocycles. The Bertz CT molecular complexity index is 710. The second-order valence-corrected chi connectivity index (χ2v) is 6.31. The van der Waals surface area contributed by atoms with Crippen LogP contribution in [0.5, 0.6) is 0 Å². The number of rotatable bonds is 2. The van der Waals surface area contributed by atoms with E-state index in [4.69, 9.17) is 0 Å². The summed E-state index contributed by atoms with van der Waals surface area (Å²) in [7, 11) is 0. The normalized spacial score (nSPS) is 16.8. The molecule has 0 saturated carbocycles. The average Bonchev–Trinajstić information content (AvgIpc) is 3.02.